The zero-order valence-corrected chi connectivity index (χ0v) is 13.3. The van der Waals surface area contributed by atoms with Gasteiger partial charge in [0.1, 0.15) is 0 Å². The zero-order valence-electron chi connectivity index (χ0n) is 12.5. The van der Waals surface area contributed by atoms with Crippen molar-refractivity contribution in [3.63, 3.8) is 0 Å². The number of rotatable bonds is 5. The molecule has 0 saturated carbocycles. The third-order valence-corrected chi connectivity index (χ3v) is 4.81. The summed E-state index contributed by atoms with van der Waals surface area (Å²) in [6, 6.07) is 5.81. The van der Waals surface area contributed by atoms with Gasteiger partial charge in [-0.3, -0.25) is 13.9 Å². The third kappa shape index (κ3) is 2.65. The molecule has 1 aliphatic rings. The quantitative estimate of drug-likeness (QED) is 0.839. The van der Waals surface area contributed by atoms with Gasteiger partial charge in [0.15, 0.2) is 0 Å². The number of hydrogen-bond donors (Lipinski definition) is 1. The van der Waals surface area contributed by atoms with Gasteiger partial charge in [0, 0.05) is 17.7 Å². The standard InChI is InChI=1S/C15H22N2O2S/c1-5-6-9-17(20(18)19)12-7-8-14-13(10-12)15(3,4)11(2)16-14/h7-8,10H,5-6,9H2,1-4H3,(H,18,19). The minimum Gasteiger partial charge on any atom is -0.289 e. The molecule has 4 nitrogen and oxygen atoms in total. The van der Waals surface area contributed by atoms with E-state index < -0.39 is 11.3 Å². The summed E-state index contributed by atoms with van der Waals surface area (Å²) in [5.74, 6) is 0. The Labute approximate surface area is 123 Å². The molecule has 1 N–H and O–H groups in total. The second kappa shape index (κ2) is 5.66. The Morgan fingerprint density at radius 1 is 1.40 bits per heavy atom. The maximum atomic E-state index is 11.5. The van der Waals surface area contributed by atoms with E-state index in [1.807, 2.05) is 25.1 Å². The maximum Gasteiger partial charge on any atom is 0.261 e. The first-order valence-corrected chi connectivity index (χ1v) is 8.03. The Bertz CT molecular complexity index is 567. The third-order valence-electron chi connectivity index (χ3n) is 4.04. The molecule has 0 aliphatic carbocycles. The van der Waals surface area contributed by atoms with Crippen molar-refractivity contribution in [2.75, 3.05) is 10.8 Å². The van der Waals surface area contributed by atoms with Crippen LogP contribution in [0.25, 0.3) is 0 Å². The van der Waals surface area contributed by atoms with Gasteiger partial charge in [-0.05, 0) is 37.1 Å². The molecule has 110 valence electrons. The average Bonchev–Trinajstić information content (AvgIpc) is 2.61. The monoisotopic (exact) mass is 294 g/mol. The second-order valence-corrected chi connectivity index (χ2v) is 6.61. The highest BCUT2D eigenvalue weighted by Crippen LogP contribution is 2.41. The highest BCUT2D eigenvalue weighted by atomic mass is 32.2. The molecule has 1 heterocycles. The van der Waals surface area contributed by atoms with Crippen LogP contribution in [0.1, 0.15) is 46.1 Å². The summed E-state index contributed by atoms with van der Waals surface area (Å²) in [6.07, 6.45) is 1.88. The van der Waals surface area contributed by atoms with E-state index in [0.717, 1.165) is 35.5 Å². The molecule has 0 amide bonds. The zero-order chi connectivity index (χ0) is 14.9. The van der Waals surface area contributed by atoms with Crippen molar-refractivity contribution in [2.45, 2.75) is 46.0 Å². The highest BCUT2D eigenvalue weighted by Gasteiger charge is 2.32. The Morgan fingerprint density at radius 3 is 2.70 bits per heavy atom. The average molecular weight is 294 g/mol. The Morgan fingerprint density at radius 2 is 2.10 bits per heavy atom. The predicted molar refractivity (Wildman–Crippen MR) is 85.3 cm³/mol. The minimum absolute atomic E-state index is 0.112. The van der Waals surface area contributed by atoms with Crippen LogP contribution in [0.4, 0.5) is 11.4 Å². The summed E-state index contributed by atoms with van der Waals surface area (Å²) in [5, 5.41) is 0. The maximum absolute atomic E-state index is 11.5. The highest BCUT2D eigenvalue weighted by molar-refractivity contribution is 7.80. The molecule has 1 atom stereocenters. The topological polar surface area (TPSA) is 52.9 Å². The molecule has 2 rings (SSSR count). The number of fused-ring (bicyclic) bond motifs is 1. The van der Waals surface area contributed by atoms with E-state index in [2.05, 4.69) is 25.8 Å². The largest absolute Gasteiger partial charge is 0.289 e. The van der Waals surface area contributed by atoms with Gasteiger partial charge in [0.2, 0.25) is 0 Å². The van der Waals surface area contributed by atoms with Crippen LogP contribution in [0.2, 0.25) is 0 Å². The molecule has 20 heavy (non-hydrogen) atoms. The summed E-state index contributed by atoms with van der Waals surface area (Å²) in [7, 11) is 0. The molecule has 1 aromatic carbocycles. The van der Waals surface area contributed by atoms with E-state index in [1.54, 1.807) is 0 Å². The molecule has 0 saturated heterocycles. The summed E-state index contributed by atoms with van der Waals surface area (Å²) < 4.78 is 22.6. The molecular weight excluding hydrogens is 272 g/mol. The van der Waals surface area contributed by atoms with E-state index in [0.29, 0.717) is 6.54 Å². The van der Waals surface area contributed by atoms with E-state index in [1.165, 1.54) is 4.31 Å². The van der Waals surface area contributed by atoms with Crippen LogP contribution >= 0.6 is 0 Å². The number of aliphatic imine (C=N–C) groups is 1. The molecule has 0 bridgehead atoms. The molecule has 0 fully saturated rings. The molecule has 0 radical (unpaired) electrons. The van der Waals surface area contributed by atoms with Gasteiger partial charge in [-0.2, -0.15) is 0 Å². The van der Waals surface area contributed by atoms with Gasteiger partial charge in [-0.15, -0.1) is 0 Å². The normalized spacial score (nSPS) is 17.6. The number of nitrogens with zero attached hydrogens (tertiary/aromatic N) is 2. The van der Waals surface area contributed by atoms with E-state index in [-0.39, 0.29) is 5.41 Å². The number of unbranched alkanes of at least 4 members (excludes halogenated alkanes) is 1. The smallest absolute Gasteiger partial charge is 0.261 e. The van der Waals surface area contributed by atoms with Crippen molar-refractivity contribution >= 4 is 28.4 Å². The summed E-state index contributed by atoms with van der Waals surface area (Å²) >= 11 is -1.99. The molecule has 0 aromatic heterocycles. The Kier molecular flexibility index (Phi) is 4.30. The van der Waals surface area contributed by atoms with Crippen molar-refractivity contribution in [2.24, 2.45) is 4.99 Å². The predicted octanol–water partition coefficient (Wildman–Crippen LogP) is 3.81. The fourth-order valence-electron chi connectivity index (χ4n) is 2.39. The van der Waals surface area contributed by atoms with Crippen molar-refractivity contribution in [3.05, 3.63) is 23.8 Å². The lowest BCUT2D eigenvalue weighted by molar-refractivity contribution is 0.557. The van der Waals surface area contributed by atoms with Gasteiger partial charge in [-0.25, -0.2) is 4.21 Å². The van der Waals surface area contributed by atoms with Crippen LogP contribution in [0.5, 0.6) is 0 Å². The van der Waals surface area contributed by atoms with E-state index >= 15 is 0 Å². The SMILES string of the molecule is CCCCN(c1ccc2c(c1)C(C)(C)C(C)=N2)S(=O)O. The van der Waals surface area contributed by atoms with Crippen molar-refractivity contribution in [1.29, 1.82) is 0 Å². The van der Waals surface area contributed by atoms with E-state index in [9.17, 15) is 8.76 Å². The summed E-state index contributed by atoms with van der Waals surface area (Å²) in [5.41, 5.74) is 3.85. The first-order valence-electron chi connectivity index (χ1n) is 6.96. The molecular formula is C15H22N2O2S. The van der Waals surface area contributed by atoms with Crippen LogP contribution in [0.3, 0.4) is 0 Å². The molecule has 1 unspecified atom stereocenters. The van der Waals surface area contributed by atoms with Crippen LogP contribution in [0.15, 0.2) is 23.2 Å². The van der Waals surface area contributed by atoms with Gasteiger partial charge in [0.05, 0.1) is 11.4 Å². The lowest BCUT2D eigenvalue weighted by atomic mass is 9.82. The summed E-state index contributed by atoms with van der Waals surface area (Å²) in [6.45, 7) is 8.94. The lowest BCUT2D eigenvalue weighted by Crippen LogP contribution is -2.27. The number of benzene rings is 1. The summed E-state index contributed by atoms with van der Waals surface area (Å²) in [4.78, 5) is 4.57. The van der Waals surface area contributed by atoms with Crippen LogP contribution in [-0.2, 0) is 16.7 Å². The number of hydrogen-bond acceptors (Lipinski definition) is 2. The first kappa shape index (κ1) is 15.2. The Balaban J connectivity index is 2.37. The van der Waals surface area contributed by atoms with Gasteiger partial charge in [0.25, 0.3) is 11.3 Å². The molecule has 0 spiro atoms. The first-order chi connectivity index (χ1) is 9.37. The fraction of sp³-hybridized carbons (Fsp3) is 0.533. The van der Waals surface area contributed by atoms with Crippen LogP contribution in [-0.4, -0.2) is 21.0 Å². The second-order valence-electron chi connectivity index (χ2n) is 5.71. The van der Waals surface area contributed by atoms with Gasteiger partial charge >= 0.3 is 0 Å². The van der Waals surface area contributed by atoms with Crippen LogP contribution < -0.4 is 4.31 Å². The molecule has 1 aromatic rings. The number of anilines is 1. The lowest BCUT2D eigenvalue weighted by Gasteiger charge is -2.24. The van der Waals surface area contributed by atoms with Gasteiger partial charge in [-0.1, -0.05) is 27.2 Å². The van der Waals surface area contributed by atoms with Crippen molar-refractivity contribution in [1.82, 2.24) is 0 Å². The van der Waals surface area contributed by atoms with Crippen LogP contribution in [0, 0.1) is 0 Å². The fourth-order valence-corrected chi connectivity index (χ4v) is 2.97. The Hall–Kier alpha value is -1.20. The van der Waals surface area contributed by atoms with E-state index in [4.69, 9.17) is 0 Å². The van der Waals surface area contributed by atoms with Crippen molar-refractivity contribution in [3.8, 4) is 0 Å². The van der Waals surface area contributed by atoms with Gasteiger partial charge < -0.3 is 0 Å². The minimum atomic E-state index is -1.99. The van der Waals surface area contributed by atoms with Crippen molar-refractivity contribution < 1.29 is 8.76 Å². The molecule has 1 aliphatic heterocycles. The molecule has 5 heteroatoms.